The lowest BCUT2D eigenvalue weighted by atomic mass is 10.2. The summed E-state index contributed by atoms with van der Waals surface area (Å²) in [6.07, 6.45) is 0. The second-order valence-electron chi connectivity index (χ2n) is 4.52. The van der Waals surface area contributed by atoms with Gasteiger partial charge in [-0.05, 0) is 33.3 Å². The highest BCUT2D eigenvalue weighted by molar-refractivity contribution is 5.49. The van der Waals surface area contributed by atoms with Gasteiger partial charge in [0, 0.05) is 17.7 Å². The molecule has 0 aromatic heterocycles. The number of benzene rings is 1. The zero-order chi connectivity index (χ0) is 13.7. The van der Waals surface area contributed by atoms with Crippen molar-refractivity contribution in [3.05, 3.63) is 28.8 Å². The summed E-state index contributed by atoms with van der Waals surface area (Å²) in [4.78, 5) is 0. The molecule has 0 amide bonds. The summed E-state index contributed by atoms with van der Waals surface area (Å²) in [6, 6.07) is 3.77. The van der Waals surface area contributed by atoms with Crippen molar-refractivity contribution < 1.29 is 14.2 Å². The van der Waals surface area contributed by atoms with Gasteiger partial charge in [0.1, 0.15) is 23.9 Å². The molecule has 1 aromatic carbocycles. The molecule has 0 unspecified atom stereocenters. The predicted molar refractivity (Wildman–Crippen MR) is 73.8 cm³/mol. The highest BCUT2D eigenvalue weighted by Gasteiger charge is 2.09. The first-order chi connectivity index (χ1) is 8.49. The van der Waals surface area contributed by atoms with Crippen LogP contribution in [0.4, 0.5) is 0 Å². The van der Waals surface area contributed by atoms with Gasteiger partial charge >= 0.3 is 0 Å². The van der Waals surface area contributed by atoms with E-state index in [2.05, 4.69) is 20.8 Å². The van der Waals surface area contributed by atoms with Crippen molar-refractivity contribution in [2.45, 2.75) is 27.7 Å². The SMILES string of the molecule is COc1cc(OCC(C)=C(C)C)cc(OC)c1C. The summed E-state index contributed by atoms with van der Waals surface area (Å²) in [5.74, 6) is 2.31. The number of ether oxygens (including phenoxy) is 3. The molecule has 18 heavy (non-hydrogen) atoms. The van der Waals surface area contributed by atoms with Gasteiger partial charge in [0.15, 0.2) is 0 Å². The molecule has 0 spiro atoms. The van der Waals surface area contributed by atoms with Gasteiger partial charge in [-0.25, -0.2) is 0 Å². The van der Waals surface area contributed by atoms with E-state index in [0.29, 0.717) is 6.61 Å². The first kappa shape index (κ1) is 14.4. The van der Waals surface area contributed by atoms with Crippen molar-refractivity contribution in [2.24, 2.45) is 0 Å². The molecule has 0 N–H and O–H groups in total. The Labute approximate surface area is 109 Å². The summed E-state index contributed by atoms with van der Waals surface area (Å²) in [5.41, 5.74) is 3.49. The largest absolute Gasteiger partial charge is 0.496 e. The average Bonchev–Trinajstić information content (AvgIpc) is 2.36. The first-order valence-electron chi connectivity index (χ1n) is 5.98. The van der Waals surface area contributed by atoms with Crippen molar-refractivity contribution in [3.8, 4) is 17.2 Å². The summed E-state index contributed by atoms with van der Waals surface area (Å²) in [7, 11) is 3.29. The summed E-state index contributed by atoms with van der Waals surface area (Å²) in [5, 5.41) is 0. The van der Waals surface area contributed by atoms with Crippen LogP contribution in [0, 0.1) is 6.92 Å². The van der Waals surface area contributed by atoms with E-state index in [1.54, 1.807) is 14.2 Å². The van der Waals surface area contributed by atoms with Crippen LogP contribution in [-0.4, -0.2) is 20.8 Å². The molecule has 0 saturated heterocycles. The third kappa shape index (κ3) is 3.42. The van der Waals surface area contributed by atoms with Crippen LogP contribution in [0.3, 0.4) is 0 Å². The smallest absolute Gasteiger partial charge is 0.129 e. The fourth-order valence-corrected chi connectivity index (χ4v) is 1.48. The Morgan fingerprint density at radius 2 is 1.50 bits per heavy atom. The second kappa shape index (κ2) is 6.34. The van der Waals surface area contributed by atoms with Gasteiger partial charge in [0.05, 0.1) is 14.2 Å². The predicted octanol–water partition coefficient (Wildman–Crippen LogP) is 3.75. The van der Waals surface area contributed by atoms with Crippen molar-refractivity contribution >= 4 is 0 Å². The number of allylic oxidation sites excluding steroid dienone is 1. The van der Waals surface area contributed by atoms with Gasteiger partial charge in [-0.2, -0.15) is 0 Å². The Morgan fingerprint density at radius 3 is 1.89 bits per heavy atom. The van der Waals surface area contributed by atoms with Crippen LogP contribution in [0.5, 0.6) is 17.2 Å². The van der Waals surface area contributed by atoms with E-state index in [4.69, 9.17) is 14.2 Å². The quantitative estimate of drug-likeness (QED) is 0.745. The highest BCUT2D eigenvalue weighted by atomic mass is 16.5. The Balaban J connectivity index is 2.93. The molecule has 0 bridgehead atoms. The van der Waals surface area contributed by atoms with Crippen molar-refractivity contribution in [2.75, 3.05) is 20.8 Å². The molecule has 0 aliphatic heterocycles. The van der Waals surface area contributed by atoms with Gasteiger partial charge in [0.2, 0.25) is 0 Å². The fraction of sp³-hybridized carbons (Fsp3) is 0.467. The maximum Gasteiger partial charge on any atom is 0.129 e. The van der Waals surface area contributed by atoms with Crippen LogP contribution in [0.25, 0.3) is 0 Å². The molecule has 0 heterocycles. The monoisotopic (exact) mass is 250 g/mol. The van der Waals surface area contributed by atoms with Crippen LogP contribution in [0.15, 0.2) is 23.3 Å². The van der Waals surface area contributed by atoms with Crippen LogP contribution in [0.1, 0.15) is 26.3 Å². The normalized spacial score (nSPS) is 9.89. The van der Waals surface area contributed by atoms with Gasteiger partial charge < -0.3 is 14.2 Å². The summed E-state index contributed by atoms with van der Waals surface area (Å²) in [6.45, 7) is 8.77. The molecule has 0 fully saturated rings. The fourth-order valence-electron chi connectivity index (χ4n) is 1.48. The molecule has 3 nitrogen and oxygen atoms in total. The van der Waals surface area contributed by atoms with Gasteiger partial charge in [-0.1, -0.05) is 5.57 Å². The van der Waals surface area contributed by atoms with Gasteiger partial charge in [0.25, 0.3) is 0 Å². The van der Waals surface area contributed by atoms with Gasteiger partial charge in [-0.3, -0.25) is 0 Å². The van der Waals surface area contributed by atoms with Crippen LogP contribution in [-0.2, 0) is 0 Å². The third-order valence-electron chi connectivity index (χ3n) is 3.03. The summed E-state index contributed by atoms with van der Waals surface area (Å²) < 4.78 is 16.4. The molecular formula is C15H22O3. The zero-order valence-electron chi connectivity index (χ0n) is 12.1. The minimum Gasteiger partial charge on any atom is -0.496 e. The molecule has 3 heteroatoms. The minimum atomic E-state index is 0.581. The first-order valence-corrected chi connectivity index (χ1v) is 5.98. The molecule has 1 rings (SSSR count). The standard InChI is InChI=1S/C15H22O3/c1-10(2)11(3)9-18-13-7-14(16-5)12(4)15(8-13)17-6/h7-8H,9H2,1-6H3. The minimum absolute atomic E-state index is 0.581. The van der Waals surface area contributed by atoms with Crippen molar-refractivity contribution in [1.82, 2.24) is 0 Å². The second-order valence-corrected chi connectivity index (χ2v) is 4.52. The lowest BCUT2D eigenvalue weighted by molar-refractivity contribution is 0.338. The van der Waals surface area contributed by atoms with Crippen LogP contribution >= 0.6 is 0 Å². The Kier molecular flexibility index (Phi) is 5.08. The number of hydrogen-bond acceptors (Lipinski definition) is 3. The lowest BCUT2D eigenvalue weighted by Gasteiger charge is -2.14. The van der Waals surface area contributed by atoms with Crippen LogP contribution in [0.2, 0.25) is 0 Å². The maximum atomic E-state index is 5.75. The van der Waals surface area contributed by atoms with E-state index in [1.165, 1.54) is 11.1 Å². The number of methoxy groups -OCH3 is 2. The maximum absolute atomic E-state index is 5.75. The molecule has 0 radical (unpaired) electrons. The molecule has 100 valence electrons. The van der Waals surface area contributed by atoms with E-state index in [1.807, 2.05) is 19.1 Å². The Bertz CT molecular complexity index is 418. The van der Waals surface area contributed by atoms with Crippen molar-refractivity contribution in [1.29, 1.82) is 0 Å². The number of hydrogen-bond donors (Lipinski definition) is 0. The van der Waals surface area contributed by atoms with Crippen molar-refractivity contribution in [3.63, 3.8) is 0 Å². The lowest BCUT2D eigenvalue weighted by Crippen LogP contribution is -2.01. The highest BCUT2D eigenvalue weighted by Crippen LogP contribution is 2.33. The van der Waals surface area contributed by atoms with Crippen LogP contribution < -0.4 is 14.2 Å². The molecule has 0 atom stereocenters. The van der Waals surface area contributed by atoms with E-state index >= 15 is 0 Å². The van der Waals surface area contributed by atoms with E-state index in [9.17, 15) is 0 Å². The summed E-state index contributed by atoms with van der Waals surface area (Å²) >= 11 is 0. The third-order valence-corrected chi connectivity index (χ3v) is 3.03. The molecule has 0 aliphatic rings. The molecule has 0 aliphatic carbocycles. The van der Waals surface area contributed by atoms with Gasteiger partial charge in [-0.15, -0.1) is 0 Å². The van der Waals surface area contributed by atoms with E-state index < -0.39 is 0 Å². The van der Waals surface area contributed by atoms with E-state index in [0.717, 1.165) is 22.8 Å². The zero-order valence-corrected chi connectivity index (χ0v) is 12.1. The average molecular weight is 250 g/mol. The Morgan fingerprint density at radius 1 is 1.00 bits per heavy atom. The van der Waals surface area contributed by atoms with E-state index in [-0.39, 0.29) is 0 Å². The number of rotatable bonds is 5. The molecular weight excluding hydrogens is 228 g/mol. The topological polar surface area (TPSA) is 27.7 Å². The Hall–Kier alpha value is -1.64. The molecule has 1 aromatic rings. The molecule has 0 saturated carbocycles.